The fourth-order valence-electron chi connectivity index (χ4n) is 5.21. The van der Waals surface area contributed by atoms with Crippen LogP contribution in [0.3, 0.4) is 0 Å². The number of nitrogens with two attached hydrogens (primary N) is 1. The number of hydrogen-bond acceptors (Lipinski definition) is 15. The zero-order chi connectivity index (χ0) is 37.0. The number of aromatic nitrogens is 3. The summed E-state index contributed by atoms with van der Waals surface area (Å²) in [5.41, 5.74) is 4.66. The lowest BCUT2D eigenvalue weighted by atomic mass is 9.98. The Morgan fingerprint density at radius 1 is 0.569 bits per heavy atom. The molecule has 0 aliphatic rings. The second-order valence-corrected chi connectivity index (χ2v) is 15.1. The Bertz CT molecular complexity index is 2770. The van der Waals surface area contributed by atoms with Crippen molar-refractivity contribution in [2.24, 2.45) is 0 Å². The highest BCUT2D eigenvalue weighted by molar-refractivity contribution is 7.86. The van der Waals surface area contributed by atoms with E-state index in [1.54, 1.807) is 12.1 Å². The first-order valence-electron chi connectivity index (χ1n) is 13.9. The Hall–Kier alpha value is -5.55. The smallest absolute Gasteiger partial charge is 0.296 e. The van der Waals surface area contributed by atoms with Crippen molar-refractivity contribution in [3.63, 3.8) is 0 Å². The van der Waals surface area contributed by atoms with Crippen molar-refractivity contribution in [2.45, 2.75) is 14.7 Å². The molecule has 18 nitrogen and oxygen atoms in total. The molecule has 6 rings (SSSR count). The highest BCUT2D eigenvalue weighted by Crippen LogP contribution is 2.49. The molecule has 0 atom stereocenters. The average molecular weight is 776 g/mol. The molecule has 1 heterocycles. The fourth-order valence-corrected chi connectivity index (χ4v) is 7.34. The van der Waals surface area contributed by atoms with E-state index in [1.807, 2.05) is 0 Å². The minimum atomic E-state index is -5.05. The maximum absolute atomic E-state index is 12.6. The van der Waals surface area contributed by atoms with Gasteiger partial charge in [0.1, 0.15) is 26.2 Å². The molecular weight excluding hydrogens is 754 g/mol. The Balaban J connectivity index is 1.44. The standard InChI is InChI=1S/C29H22ClN7O11S3/c30-27-35-28(33-16-7-3-4-8-19(16)49(40,41)42)37-29(36-27)34-17-10-9-13(11-20(17)50(43,44)45)32-18-12-21(51(46,47)48)24(31)23-22(18)25(38)14-5-1-2-6-15(14)26(23)39/h1-12,32,38-39H,31H2,(H,40,41,42)(H,43,44,45)(H,46,47,48)(H2,33,34,35,36,37). The third-order valence-electron chi connectivity index (χ3n) is 7.32. The van der Waals surface area contributed by atoms with Gasteiger partial charge >= 0.3 is 0 Å². The molecule has 51 heavy (non-hydrogen) atoms. The number of aromatic hydroxyl groups is 2. The van der Waals surface area contributed by atoms with Crippen molar-refractivity contribution in [3.8, 4) is 11.5 Å². The molecule has 22 heteroatoms. The molecule has 0 bridgehead atoms. The number of nitrogen functional groups attached to an aromatic ring is 1. The quantitative estimate of drug-likeness (QED) is 0.0412. The van der Waals surface area contributed by atoms with Crippen LogP contribution in [-0.4, -0.2) is 64.1 Å². The SMILES string of the molecule is Nc1c(S(=O)(=O)O)cc(Nc2ccc(Nc3nc(Cl)nc(Nc4ccccc4S(=O)(=O)O)n3)c(S(=O)(=O)O)c2)c2c(O)c3ccccc3c(O)c12. The Labute approximate surface area is 292 Å². The summed E-state index contributed by atoms with van der Waals surface area (Å²) in [4.78, 5) is 9.61. The predicted octanol–water partition coefficient (Wildman–Crippen LogP) is 4.80. The summed E-state index contributed by atoms with van der Waals surface area (Å²) in [7, 11) is -14.7. The number of benzene rings is 5. The van der Waals surface area contributed by atoms with Gasteiger partial charge < -0.3 is 31.9 Å². The molecule has 0 saturated heterocycles. The second kappa shape index (κ2) is 12.6. The molecule has 0 spiro atoms. The zero-order valence-corrected chi connectivity index (χ0v) is 28.3. The van der Waals surface area contributed by atoms with Crippen molar-refractivity contribution in [2.75, 3.05) is 21.7 Å². The predicted molar refractivity (Wildman–Crippen MR) is 186 cm³/mol. The van der Waals surface area contributed by atoms with E-state index in [4.69, 9.17) is 17.3 Å². The molecule has 0 aliphatic heterocycles. The number of fused-ring (bicyclic) bond motifs is 2. The van der Waals surface area contributed by atoms with Gasteiger partial charge in [0.05, 0.1) is 33.5 Å². The van der Waals surface area contributed by atoms with Crippen LogP contribution in [0, 0.1) is 0 Å². The molecule has 0 radical (unpaired) electrons. The minimum Gasteiger partial charge on any atom is -0.507 e. The number of phenolic OH excluding ortho intramolecular Hbond substituents is 2. The Morgan fingerprint density at radius 3 is 1.65 bits per heavy atom. The number of nitrogens with one attached hydrogen (secondary N) is 3. The van der Waals surface area contributed by atoms with E-state index in [0.717, 1.165) is 24.3 Å². The molecule has 0 amide bonds. The molecule has 0 unspecified atom stereocenters. The molecule has 10 N–H and O–H groups in total. The average Bonchev–Trinajstić information content (AvgIpc) is 3.03. The summed E-state index contributed by atoms with van der Waals surface area (Å²) in [5, 5.41) is 29.5. The monoisotopic (exact) mass is 775 g/mol. The van der Waals surface area contributed by atoms with E-state index in [9.17, 15) is 49.1 Å². The van der Waals surface area contributed by atoms with Gasteiger partial charge in [-0.15, -0.1) is 0 Å². The normalized spacial score (nSPS) is 12.2. The summed E-state index contributed by atoms with van der Waals surface area (Å²) < 4.78 is 103. The van der Waals surface area contributed by atoms with Gasteiger partial charge in [0.25, 0.3) is 30.4 Å². The number of anilines is 7. The summed E-state index contributed by atoms with van der Waals surface area (Å²) >= 11 is 6.03. The summed E-state index contributed by atoms with van der Waals surface area (Å²) in [6, 6.07) is 15.4. The van der Waals surface area contributed by atoms with Crippen LogP contribution in [0.4, 0.5) is 40.3 Å². The van der Waals surface area contributed by atoms with Crippen molar-refractivity contribution < 1.29 is 49.1 Å². The van der Waals surface area contributed by atoms with E-state index in [1.165, 1.54) is 36.4 Å². The first-order valence-corrected chi connectivity index (χ1v) is 18.6. The van der Waals surface area contributed by atoms with Gasteiger partial charge in [-0.05, 0) is 48.0 Å². The highest BCUT2D eigenvalue weighted by Gasteiger charge is 2.26. The zero-order valence-electron chi connectivity index (χ0n) is 25.1. The van der Waals surface area contributed by atoms with Gasteiger partial charge in [-0.25, -0.2) is 0 Å². The molecule has 0 saturated carbocycles. The fraction of sp³-hybridized carbons (Fsp3) is 0. The van der Waals surface area contributed by atoms with Crippen LogP contribution >= 0.6 is 11.6 Å². The van der Waals surface area contributed by atoms with E-state index in [-0.39, 0.29) is 56.2 Å². The lowest BCUT2D eigenvalue weighted by Gasteiger charge is -2.19. The molecule has 5 aromatic carbocycles. The van der Waals surface area contributed by atoms with Crippen LogP contribution in [0.1, 0.15) is 0 Å². The number of halogens is 1. The van der Waals surface area contributed by atoms with Crippen molar-refractivity contribution in [1.82, 2.24) is 15.0 Å². The van der Waals surface area contributed by atoms with E-state index in [0.29, 0.717) is 0 Å². The van der Waals surface area contributed by atoms with Crippen LogP contribution in [0.25, 0.3) is 21.5 Å². The van der Waals surface area contributed by atoms with Gasteiger partial charge in [0.2, 0.25) is 17.2 Å². The number of para-hydroxylation sites is 1. The number of hydrogen-bond donors (Lipinski definition) is 9. The van der Waals surface area contributed by atoms with Crippen LogP contribution in [0.5, 0.6) is 11.5 Å². The lowest BCUT2D eigenvalue weighted by molar-refractivity contribution is 0.477. The highest BCUT2D eigenvalue weighted by atomic mass is 35.5. The third-order valence-corrected chi connectivity index (χ3v) is 10.2. The molecule has 1 aromatic heterocycles. The number of rotatable bonds is 9. The lowest BCUT2D eigenvalue weighted by Crippen LogP contribution is -2.09. The third kappa shape index (κ3) is 6.94. The van der Waals surface area contributed by atoms with E-state index >= 15 is 0 Å². The largest absolute Gasteiger partial charge is 0.507 e. The van der Waals surface area contributed by atoms with Crippen molar-refractivity contribution in [3.05, 3.63) is 78.1 Å². The van der Waals surface area contributed by atoms with Crippen molar-refractivity contribution in [1.29, 1.82) is 0 Å². The van der Waals surface area contributed by atoms with Gasteiger partial charge in [-0.3, -0.25) is 13.7 Å². The Morgan fingerprint density at radius 2 is 1.08 bits per heavy atom. The summed E-state index contributed by atoms with van der Waals surface area (Å²) in [6.07, 6.45) is 0. The minimum absolute atomic E-state index is 0.108. The van der Waals surface area contributed by atoms with Gasteiger partial charge in [0.15, 0.2) is 0 Å². The maximum atomic E-state index is 12.6. The van der Waals surface area contributed by atoms with Crippen LogP contribution in [0.15, 0.2) is 87.5 Å². The van der Waals surface area contributed by atoms with E-state index < -0.39 is 67.5 Å². The topological polar surface area (TPSA) is 304 Å². The Kier molecular flexibility index (Phi) is 8.75. The summed E-state index contributed by atoms with van der Waals surface area (Å²) in [6.45, 7) is 0. The maximum Gasteiger partial charge on any atom is 0.296 e. The van der Waals surface area contributed by atoms with Gasteiger partial charge in [0, 0.05) is 16.5 Å². The second-order valence-electron chi connectivity index (χ2n) is 10.6. The number of phenols is 2. The molecular formula is C29H22ClN7O11S3. The first kappa shape index (κ1) is 35.3. The van der Waals surface area contributed by atoms with Crippen LogP contribution in [-0.2, 0) is 30.4 Å². The van der Waals surface area contributed by atoms with Gasteiger partial charge in [-0.2, -0.15) is 40.2 Å². The molecule has 0 aliphatic carbocycles. The van der Waals surface area contributed by atoms with Crippen LogP contribution in [0.2, 0.25) is 5.28 Å². The molecule has 0 fully saturated rings. The first-order chi connectivity index (χ1) is 23.8. The van der Waals surface area contributed by atoms with E-state index in [2.05, 4.69) is 30.9 Å². The van der Waals surface area contributed by atoms with Crippen LogP contribution < -0.4 is 21.7 Å². The number of nitrogens with zero attached hydrogens (tertiary/aromatic N) is 3. The molecule has 6 aromatic rings. The molecule has 264 valence electrons. The van der Waals surface area contributed by atoms with Gasteiger partial charge in [-0.1, -0.05) is 36.4 Å². The summed E-state index contributed by atoms with van der Waals surface area (Å²) in [5.74, 6) is -1.69. The van der Waals surface area contributed by atoms with Crippen molar-refractivity contribution >= 4 is 104 Å².